The van der Waals surface area contributed by atoms with E-state index in [2.05, 4.69) is 27.9 Å². The summed E-state index contributed by atoms with van der Waals surface area (Å²) >= 11 is 6.66. The average molecular weight is 358 g/mol. The van der Waals surface area contributed by atoms with Gasteiger partial charge in [-0.2, -0.15) is 10.2 Å². The van der Waals surface area contributed by atoms with Gasteiger partial charge < -0.3 is 5.32 Å². The quantitative estimate of drug-likeness (QED) is 0.417. The van der Waals surface area contributed by atoms with E-state index in [1.165, 1.54) is 0 Å². The first-order valence-electron chi connectivity index (χ1n) is 7.67. The van der Waals surface area contributed by atoms with Crippen LogP contribution in [0.25, 0.3) is 16.2 Å². The van der Waals surface area contributed by atoms with E-state index in [1.54, 1.807) is 24.6 Å². The highest BCUT2D eigenvalue weighted by molar-refractivity contribution is 7.80. The van der Waals surface area contributed by atoms with E-state index in [9.17, 15) is 0 Å². The van der Waals surface area contributed by atoms with Crippen LogP contribution in [0.4, 0.5) is 0 Å². The molecule has 0 aliphatic rings. The van der Waals surface area contributed by atoms with Crippen LogP contribution in [0, 0.1) is 0 Å². The van der Waals surface area contributed by atoms with Crippen LogP contribution < -0.4 is 10.7 Å². The largest absolute Gasteiger partial charge is 0.364 e. The Bertz CT molecular complexity index is 865. The van der Waals surface area contributed by atoms with Crippen molar-refractivity contribution in [3.8, 4) is 11.3 Å². The maximum atomic E-state index is 5.04. The molecule has 8 heteroatoms. The van der Waals surface area contributed by atoms with Gasteiger partial charge in [0.05, 0.1) is 6.21 Å². The second-order valence-corrected chi connectivity index (χ2v) is 6.55. The lowest BCUT2D eigenvalue weighted by molar-refractivity contribution is 0.845. The molecule has 0 atom stereocenters. The molecule has 0 unspecified atom stereocenters. The van der Waals surface area contributed by atoms with Crippen LogP contribution in [-0.2, 0) is 6.42 Å². The highest BCUT2D eigenvalue weighted by Gasteiger charge is 2.16. The molecule has 24 heavy (non-hydrogen) atoms. The molecule has 0 amide bonds. The van der Waals surface area contributed by atoms with Crippen molar-refractivity contribution in [1.82, 2.24) is 25.3 Å². The van der Waals surface area contributed by atoms with Crippen molar-refractivity contribution in [2.24, 2.45) is 5.10 Å². The summed E-state index contributed by atoms with van der Waals surface area (Å²) in [6, 6.07) is 10.0. The minimum Gasteiger partial charge on any atom is -0.364 e. The molecule has 0 radical (unpaired) electrons. The summed E-state index contributed by atoms with van der Waals surface area (Å²) in [6.07, 6.45) is 3.72. The number of thiocarbonyl (C=S) groups is 1. The summed E-state index contributed by atoms with van der Waals surface area (Å²) < 4.78 is 1.85. The molecule has 124 valence electrons. The summed E-state index contributed by atoms with van der Waals surface area (Å²) in [4.78, 5) is 5.63. The topological polar surface area (TPSA) is 66.6 Å². The molecule has 2 aromatic heterocycles. The first-order valence-corrected chi connectivity index (χ1v) is 8.90. The van der Waals surface area contributed by atoms with E-state index in [0.717, 1.165) is 39.8 Å². The zero-order valence-electron chi connectivity index (χ0n) is 13.5. The van der Waals surface area contributed by atoms with Crippen molar-refractivity contribution in [1.29, 1.82) is 0 Å². The number of hydrogen-bond acceptors (Lipinski definition) is 5. The van der Waals surface area contributed by atoms with Crippen LogP contribution in [0.2, 0.25) is 0 Å². The molecule has 0 saturated carbocycles. The molecule has 0 bridgehead atoms. The highest BCUT2D eigenvalue weighted by atomic mass is 32.1. The van der Waals surface area contributed by atoms with Gasteiger partial charge in [-0.25, -0.2) is 9.50 Å². The summed E-state index contributed by atoms with van der Waals surface area (Å²) in [5.74, 6) is 0. The smallest absolute Gasteiger partial charge is 0.213 e. The molecule has 2 heterocycles. The van der Waals surface area contributed by atoms with Crippen molar-refractivity contribution < 1.29 is 0 Å². The minimum absolute atomic E-state index is 0.457. The van der Waals surface area contributed by atoms with Crippen LogP contribution in [0.1, 0.15) is 24.0 Å². The molecule has 0 saturated heterocycles. The Hall–Kier alpha value is -2.32. The van der Waals surface area contributed by atoms with Gasteiger partial charge in [-0.3, -0.25) is 5.43 Å². The monoisotopic (exact) mass is 358 g/mol. The Morgan fingerprint density at radius 3 is 2.88 bits per heavy atom. The molecular weight excluding hydrogens is 340 g/mol. The second-order valence-electron chi connectivity index (χ2n) is 5.10. The molecule has 0 aliphatic heterocycles. The van der Waals surface area contributed by atoms with Crippen molar-refractivity contribution >= 4 is 39.8 Å². The molecular formula is C16H18N6S2. The SMILES string of the molecule is CCCc1nn2c(/C=N\NC(=S)NC)c(-c3ccccc3)nc2s1. The van der Waals surface area contributed by atoms with Gasteiger partial charge in [0.2, 0.25) is 4.96 Å². The Morgan fingerprint density at radius 1 is 1.38 bits per heavy atom. The van der Waals surface area contributed by atoms with E-state index in [1.807, 2.05) is 34.8 Å². The van der Waals surface area contributed by atoms with Crippen molar-refractivity contribution in [2.75, 3.05) is 7.05 Å². The van der Waals surface area contributed by atoms with E-state index >= 15 is 0 Å². The van der Waals surface area contributed by atoms with Crippen molar-refractivity contribution in [2.45, 2.75) is 19.8 Å². The number of rotatable bonds is 5. The predicted molar refractivity (Wildman–Crippen MR) is 103 cm³/mol. The number of aryl methyl sites for hydroxylation is 1. The Balaban J connectivity index is 2.04. The van der Waals surface area contributed by atoms with E-state index in [-0.39, 0.29) is 0 Å². The molecule has 3 rings (SSSR count). The van der Waals surface area contributed by atoms with Gasteiger partial charge in [0.1, 0.15) is 16.4 Å². The minimum atomic E-state index is 0.457. The van der Waals surface area contributed by atoms with Crippen molar-refractivity contribution in [3.63, 3.8) is 0 Å². The zero-order valence-corrected chi connectivity index (χ0v) is 15.1. The van der Waals surface area contributed by atoms with Gasteiger partial charge in [0.15, 0.2) is 5.11 Å². The van der Waals surface area contributed by atoms with Gasteiger partial charge in [0.25, 0.3) is 0 Å². The number of fused-ring (bicyclic) bond motifs is 1. The molecule has 2 N–H and O–H groups in total. The lowest BCUT2D eigenvalue weighted by Gasteiger charge is -2.01. The number of hydrogen-bond donors (Lipinski definition) is 2. The third-order valence-corrected chi connectivity index (χ3v) is 4.63. The van der Waals surface area contributed by atoms with Gasteiger partial charge in [-0.05, 0) is 18.6 Å². The maximum absolute atomic E-state index is 5.04. The van der Waals surface area contributed by atoms with Gasteiger partial charge in [-0.15, -0.1) is 0 Å². The third kappa shape index (κ3) is 3.44. The third-order valence-electron chi connectivity index (χ3n) is 3.37. The number of imidazole rings is 1. The average Bonchev–Trinajstić information content (AvgIpc) is 3.14. The zero-order chi connectivity index (χ0) is 16.9. The molecule has 6 nitrogen and oxygen atoms in total. The molecule has 3 aromatic rings. The van der Waals surface area contributed by atoms with Crippen LogP contribution >= 0.6 is 23.6 Å². The van der Waals surface area contributed by atoms with E-state index in [4.69, 9.17) is 17.2 Å². The fraction of sp³-hybridized carbons (Fsp3) is 0.250. The van der Waals surface area contributed by atoms with Gasteiger partial charge >= 0.3 is 0 Å². The van der Waals surface area contributed by atoms with E-state index in [0.29, 0.717) is 5.11 Å². The van der Waals surface area contributed by atoms with Crippen LogP contribution in [0.3, 0.4) is 0 Å². The van der Waals surface area contributed by atoms with Crippen LogP contribution in [0.15, 0.2) is 35.4 Å². The first kappa shape index (κ1) is 16.5. The van der Waals surface area contributed by atoms with Crippen molar-refractivity contribution in [3.05, 3.63) is 41.0 Å². The highest BCUT2D eigenvalue weighted by Crippen LogP contribution is 2.26. The number of benzene rings is 1. The fourth-order valence-electron chi connectivity index (χ4n) is 2.25. The molecule has 0 aliphatic carbocycles. The number of nitrogens with zero attached hydrogens (tertiary/aromatic N) is 4. The summed E-state index contributed by atoms with van der Waals surface area (Å²) in [7, 11) is 1.74. The summed E-state index contributed by atoms with van der Waals surface area (Å²) in [6.45, 7) is 2.14. The Morgan fingerprint density at radius 2 is 2.17 bits per heavy atom. The summed E-state index contributed by atoms with van der Waals surface area (Å²) in [5, 5.41) is 13.2. The van der Waals surface area contributed by atoms with Crippen LogP contribution in [0.5, 0.6) is 0 Å². The first-order chi connectivity index (χ1) is 11.7. The summed E-state index contributed by atoms with van der Waals surface area (Å²) in [5.41, 5.74) is 5.50. The normalized spacial score (nSPS) is 11.2. The molecule has 0 spiro atoms. The number of hydrazone groups is 1. The maximum Gasteiger partial charge on any atom is 0.213 e. The van der Waals surface area contributed by atoms with Gasteiger partial charge in [-0.1, -0.05) is 48.6 Å². The van der Waals surface area contributed by atoms with Gasteiger partial charge in [0, 0.05) is 19.0 Å². The Kier molecular flexibility index (Phi) is 5.17. The number of aromatic nitrogens is 3. The Labute approximate surface area is 149 Å². The predicted octanol–water partition coefficient (Wildman–Crippen LogP) is 2.84. The lowest BCUT2D eigenvalue weighted by Crippen LogP contribution is -2.28. The molecule has 1 aromatic carbocycles. The second kappa shape index (κ2) is 7.50. The molecule has 0 fully saturated rings. The lowest BCUT2D eigenvalue weighted by atomic mass is 10.1. The standard InChI is InChI=1S/C16H18N6S2/c1-3-7-13-21-22-12(10-18-20-15(23)17-2)14(19-16(22)24-13)11-8-5-4-6-9-11/h4-6,8-10H,3,7H2,1-2H3,(H2,17,20,23)/b18-10-. The van der Waals surface area contributed by atoms with E-state index < -0.39 is 0 Å². The fourth-order valence-corrected chi connectivity index (χ4v) is 3.31. The van der Waals surface area contributed by atoms with Crippen LogP contribution in [-0.4, -0.2) is 33.0 Å². The number of nitrogens with one attached hydrogen (secondary N) is 2.